The van der Waals surface area contributed by atoms with E-state index in [4.69, 9.17) is 14.3 Å². The maximum atomic E-state index is 11.5. The number of Topliss-reactive ketones (excluding diaryl/α,β-unsaturated/α-hetero) is 1. The summed E-state index contributed by atoms with van der Waals surface area (Å²) in [7, 11) is 1.58. The number of rotatable bonds is 3. The van der Waals surface area contributed by atoms with Gasteiger partial charge in [-0.25, -0.2) is 4.79 Å². The second-order valence-corrected chi connectivity index (χ2v) is 8.00. The van der Waals surface area contributed by atoms with E-state index in [9.17, 15) is 9.59 Å². The van der Waals surface area contributed by atoms with Crippen LogP contribution < -0.4 is 5.32 Å². The van der Waals surface area contributed by atoms with Gasteiger partial charge in [0.25, 0.3) is 0 Å². The summed E-state index contributed by atoms with van der Waals surface area (Å²) in [5.74, 6) is 0.662. The average Bonchev–Trinajstić information content (AvgIpc) is 2.74. The smallest absolute Gasteiger partial charge is 0.407 e. The lowest BCUT2D eigenvalue weighted by atomic mass is 10.0. The molecule has 7 nitrogen and oxygen atoms in total. The van der Waals surface area contributed by atoms with E-state index >= 15 is 0 Å². The zero-order chi connectivity index (χ0) is 22.6. The van der Waals surface area contributed by atoms with Crippen LogP contribution in [0.4, 0.5) is 4.79 Å². The van der Waals surface area contributed by atoms with Crippen molar-refractivity contribution in [2.24, 2.45) is 5.92 Å². The molecule has 1 aromatic rings. The van der Waals surface area contributed by atoms with Crippen molar-refractivity contribution in [2.75, 3.05) is 33.4 Å². The van der Waals surface area contributed by atoms with E-state index in [0.29, 0.717) is 25.6 Å². The van der Waals surface area contributed by atoms with E-state index < -0.39 is 5.60 Å². The van der Waals surface area contributed by atoms with E-state index in [0.717, 1.165) is 37.2 Å². The molecule has 2 heterocycles. The van der Waals surface area contributed by atoms with Gasteiger partial charge in [-0.2, -0.15) is 5.06 Å². The third-order valence-electron chi connectivity index (χ3n) is 4.52. The molecule has 0 saturated carbocycles. The van der Waals surface area contributed by atoms with Crippen LogP contribution in [0.1, 0.15) is 63.4 Å². The molecule has 30 heavy (non-hydrogen) atoms. The number of nitrogens with zero attached hydrogens (tertiary/aromatic N) is 1. The molecule has 0 aliphatic carbocycles. The Hall–Kier alpha value is -1.96. The third-order valence-corrected chi connectivity index (χ3v) is 4.52. The summed E-state index contributed by atoms with van der Waals surface area (Å²) in [6.45, 7) is 12.9. The Labute approximate surface area is 181 Å². The molecule has 1 aromatic carbocycles. The Balaban J connectivity index is 0.000000279. The Bertz CT molecular complexity index is 651. The van der Waals surface area contributed by atoms with Gasteiger partial charge < -0.3 is 19.6 Å². The number of carbonyl (C=O) groups excluding carboxylic acids is 2. The number of benzene rings is 1. The quantitative estimate of drug-likeness (QED) is 0.786. The standard InChI is InChI=1S/C11H21NO3.C10H11NO2.C2H6/c1-11(2,3)15-10(13)12-8-9-4-6-14-7-5-9;1-13-11-6-8-4-2-3-5-9(8)10(12)7-11;1-2/h9H,4-8H2,1-3H3,(H,12,13);2-5H,6-7H2,1H3;1-2H3. The maximum Gasteiger partial charge on any atom is 0.407 e. The van der Waals surface area contributed by atoms with E-state index in [1.165, 1.54) is 0 Å². The van der Waals surface area contributed by atoms with Crippen molar-refractivity contribution in [3.63, 3.8) is 0 Å². The first kappa shape index (κ1) is 26.1. The van der Waals surface area contributed by atoms with E-state index in [-0.39, 0.29) is 11.9 Å². The molecule has 0 atom stereocenters. The second-order valence-electron chi connectivity index (χ2n) is 8.00. The lowest BCUT2D eigenvalue weighted by molar-refractivity contribution is -0.132. The van der Waals surface area contributed by atoms with Gasteiger partial charge in [0.1, 0.15) is 5.60 Å². The normalized spacial score (nSPS) is 16.9. The summed E-state index contributed by atoms with van der Waals surface area (Å²) in [5, 5.41) is 4.45. The van der Waals surface area contributed by atoms with Crippen LogP contribution in [0.5, 0.6) is 0 Å². The van der Waals surface area contributed by atoms with Crippen molar-refractivity contribution in [2.45, 2.75) is 59.6 Å². The van der Waals surface area contributed by atoms with Crippen LogP contribution in [0, 0.1) is 5.92 Å². The number of carbonyl (C=O) groups is 2. The van der Waals surface area contributed by atoms with Crippen LogP contribution in [-0.2, 0) is 20.9 Å². The van der Waals surface area contributed by atoms with E-state index in [2.05, 4.69) is 5.32 Å². The summed E-state index contributed by atoms with van der Waals surface area (Å²) in [6, 6.07) is 7.65. The number of ether oxygens (including phenoxy) is 2. The van der Waals surface area contributed by atoms with Gasteiger partial charge in [0.2, 0.25) is 0 Å². The molecule has 3 rings (SSSR count). The molecular weight excluding hydrogens is 384 g/mol. The van der Waals surface area contributed by atoms with Crippen molar-refractivity contribution in [3.8, 4) is 0 Å². The Morgan fingerprint density at radius 3 is 2.40 bits per heavy atom. The molecule has 1 fully saturated rings. The van der Waals surface area contributed by atoms with Crippen molar-refractivity contribution < 1.29 is 23.9 Å². The number of ketones is 1. The maximum absolute atomic E-state index is 11.5. The number of nitrogens with one attached hydrogen (secondary N) is 1. The molecule has 0 spiro atoms. The first-order valence-electron chi connectivity index (χ1n) is 10.7. The minimum absolute atomic E-state index is 0.128. The largest absolute Gasteiger partial charge is 0.444 e. The third kappa shape index (κ3) is 9.69. The highest BCUT2D eigenvalue weighted by molar-refractivity contribution is 5.99. The van der Waals surface area contributed by atoms with Gasteiger partial charge >= 0.3 is 6.09 Å². The number of hydrogen-bond acceptors (Lipinski definition) is 6. The van der Waals surface area contributed by atoms with Gasteiger partial charge in [-0.3, -0.25) is 4.79 Å². The minimum atomic E-state index is -0.417. The van der Waals surface area contributed by atoms with Crippen molar-refractivity contribution in [1.29, 1.82) is 0 Å². The molecule has 170 valence electrons. The molecule has 1 amide bonds. The fourth-order valence-electron chi connectivity index (χ4n) is 3.04. The Kier molecular flexibility index (Phi) is 11.6. The van der Waals surface area contributed by atoms with Crippen LogP contribution in [0.2, 0.25) is 0 Å². The highest BCUT2D eigenvalue weighted by atomic mass is 16.7. The predicted octanol–water partition coefficient (Wildman–Crippen LogP) is 4.21. The topological polar surface area (TPSA) is 77.1 Å². The van der Waals surface area contributed by atoms with Gasteiger partial charge in [-0.15, -0.1) is 0 Å². The number of alkyl carbamates (subject to hydrolysis) is 1. The lowest BCUT2D eigenvalue weighted by Crippen LogP contribution is -2.36. The summed E-state index contributed by atoms with van der Waals surface area (Å²) in [6.07, 6.45) is 1.72. The molecule has 2 aliphatic rings. The fraction of sp³-hybridized carbons (Fsp3) is 0.652. The number of amides is 1. The van der Waals surface area contributed by atoms with Gasteiger partial charge in [-0.1, -0.05) is 38.1 Å². The van der Waals surface area contributed by atoms with Gasteiger partial charge in [0.05, 0.1) is 20.2 Å². The number of fused-ring (bicyclic) bond motifs is 1. The summed E-state index contributed by atoms with van der Waals surface area (Å²) < 4.78 is 10.4. The van der Waals surface area contributed by atoms with Crippen LogP contribution in [-0.4, -0.2) is 56.0 Å². The highest BCUT2D eigenvalue weighted by Crippen LogP contribution is 2.18. The van der Waals surface area contributed by atoms with Gasteiger partial charge in [-0.05, 0) is 45.1 Å². The molecular formula is C23H38N2O5. The Morgan fingerprint density at radius 1 is 1.17 bits per heavy atom. The molecule has 0 bridgehead atoms. The molecule has 0 aromatic heterocycles. The van der Waals surface area contributed by atoms with E-state index in [1.807, 2.05) is 58.9 Å². The highest BCUT2D eigenvalue weighted by Gasteiger charge is 2.22. The average molecular weight is 423 g/mol. The van der Waals surface area contributed by atoms with Crippen LogP contribution in [0.3, 0.4) is 0 Å². The van der Waals surface area contributed by atoms with Crippen molar-refractivity contribution >= 4 is 11.9 Å². The van der Waals surface area contributed by atoms with Crippen LogP contribution >= 0.6 is 0 Å². The first-order chi connectivity index (χ1) is 14.3. The summed E-state index contributed by atoms with van der Waals surface area (Å²) in [5.41, 5.74) is 1.45. The summed E-state index contributed by atoms with van der Waals surface area (Å²) in [4.78, 5) is 27.9. The molecule has 2 aliphatic heterocycles. The van der Waals surface area contributed by atoms with Crippen LogP contribution in [0.25, 0.3) is 0 Å². The predicted molar refractivity (Wildman–Crippen MR) is 117 cm³/mol. The van der Waals surface area contributed by atoms with Crippen LogP contribution in [0.15, 0.2) is 24.3 Å². The van der Waals surface area contributed by atoms with Crippen molar-refractivity contribution in [1.82, 2.24) is 10.4 Å². The monoisotopic (exact) mass is 422 g/mol. The van der Waals surface area contributed by atoms with Gasteiger partial charge in [0, 0.05) is 25.3 Å². The zero-order valence-electron chi connectivity index (χ0n) is 19.3. The molecule has 1 saturated heterocycles. The van der Waals surface area contributed by atoms with Crippen molar-refractivity contribution in [3.05, 3.63) is 35.4 Å². The van der Waals surface area contributed by atoms with Gasteiger partial charge in [0.15, 0.2) is 5.78 Å². The molecule has 0 unspecified atom stereocenters. The SMILES string of the molecule is CC.CC(C)(C)OC(=O)NCC1CCOCC1.CON1CC(=O)c2ccccc2C1. The molecule has 0 radical (unpaired) electrons. The first-order valence-corrected chi connectivity index (χ1v) is 10.7. The number of hydrogen-bond donors (Lipinski definition) is 1. The number of hydroxylamine groups is 2. The fourth-order valence-corrected chi connectivity index (χ4v) is 3.04. The minimum Gasteiger partial charge on any atom is -0.444 e. The zero-order valence-corrected chi connectivity index (χ0v) is 19.3. The molecule has 1 N–H and O–H groups in total. The Morgan fingerprint density at radius 2 is 1.80 bits per heavy atom. The second kappa shape index (κ2) is 13.4. The lowest BCUT2D eigenvalue weighted by Gasteiger charge is -2.24. The summed E-state index contributed by atoms with van der Waals surface area (Å²) >= 11 is 0. The molecule has 7 heteroatoms. The van der Waals surface area contributed by atoms with E-state index in [1.54, 1.807) is 12.2 Å².